The van der Waals surface area contributed by atoms with Crippen molar-refractivity contribution in [1.82, 2.24) is 9.97 Å². The normalized spacial score (nSPS) is 18.4. The molecule has 0 saturated heterocycles. The molecule has 160 valence electrons. The number of methoxy groups -OCH3 is 2. The number of benzene rings is 1. The zero-order chi connectivity index (χ0) is 21.5. The Hall–Kier alpha value is -2.78. The van der Waals surface area contributed by atoms with Crippen molar-refractivity contribution >= 4 is 29.2 Å². The van der Waals surface area contributed by atoms with Crippen LogP contribution in [0.4, 0.5) is 11.5 Å². The number of aliphatic hydroxyl groups excluding tert-OH is 1. The quantitative estimate of drug-likeness (QED) is 0.547. The molecule has 3 rings (SSSR count). The third kappa shape index (κ3) is 5.64. The van der Waals surface area contributed by atoms with E-state index < -0.39 is 0 Å². The molecule has 8 nitrogen and oxygen atoms in total. The number of aliphatic hydroxyl groups is 1. The van der Waals surface area contributed by atoms with Gasteiger partial charge in [-0.3, -0.25) is 4.79 Å². The lowest BCUT2D eigenvalue weighted by molar-refractivity contribution is -0.111. The van der Waals surface area contributed by atoms with E-state index in [1.165, 1.54) is 17.8 Å². The van der Waals surface area contributed by atoms with E-state index in [4.69, 9.17) is 9.47 Å². The molecule has 1 aromatic heterocycles. The fourth-order valence-electron chi connectivity index (χ4n) is 3.18. The number of hydrogen-bond acceptors (Lipinski definition) is 8. The zero-order valence-electron chi connectivity index (χ0n) is 17.1. The molecular weight excluding hydrogens is 404 g/mol. The van der Waals surface area contributed by atoms with Crippen LogP contribution in [0.5, 0.6) is 11.8 Å². The molecule has 30 heavy (non-hydrogen) atoms. The molecule has 1 fully saturated rings. The van der Waals surface area contributed by atoms with Crippen molar-refractivity contribution in [3.8, 4) is 11.8 Å². The standard InChI is InChI=1S/C21H26N4O4S/c1-4-17(27)22-14-6-5-7-16(12-14)30-21-20(29-3)24-18(19(25-21)28-2)23-13-8-10-15(26)11-9-13/h4-7,12-13,15,26H,1,8-11H2,2-3H3,(H,22,27)(H,23,24). The number of carbonyl (C=O) groups is 1. The molecule has 0 bridgehead atoms. The minimum absolute atomic E-state index is 0.199. The van der Waals surface area contributed by atoms with Crippen LogP contribution in [0.2, 0.25) is 0 Å². The Bertz CT molecular complexity index is 901. The van der Waals surface area contributed by atoms with Gasteiger partial charge in [0.05, 0.1) is 20.3 Å². The predicted molar refractivity (Wildman–Crippen MR) is 116 cm³/mol. The Morgan fingerprint density at radius 3 is 2.60 bits per heavy atom. The van der Waals surface area contributed by atoms with Crippen molar-refractivity contribution in [2.75, 3.05) is 24.9 Å². The summed E-state index contributed by atoms with van der Waals surface area (Å²) < 4.78 is 10.9. The first-order valence-corrected chi connectivity index (χ1v) is 10.5. The summed E-state index contributed by atoms with van der Waals surface area (Å²) in [5, 5.41) is 16.4. The van der Waals surface area contributed by atoms with Crippen molar-refractivity contribution in [1.29, 1.82) is 0 Å². The Morgan fingerprint density at radius 1 is 1.20 bits per heavy atom. The second-order valence-electron chi connectivity index (χ2n) is 6.87. The fraction of sp³-hybridized carbons (Fsp3) is 0.381. The first-order chi connectivity index (χ1) is 14.5. The molecule has 0 unspecified atom stereocenters. The van der Waals surface area contributed by atoms with Gasteiger partial charge in [-0.25, -0.2) is 0 Å². The molecule has 1 aromatic carbocycles. The molecule has 9 heteroatoms. The second-order valence-corrected chi connectivity index (χ2v) is 7.93. The number of rotatable bonds is 8. The van der Waals surface area contributed by atoms with Crippen molar-refractivity contribution in [2.24, 2.45) is 0 Å². The van der Waals surface area contributed by atoms with Gasteiger partial charge in [-0.05, 0) is 50.0 Å². The van der Waals surface area contributed by atoms with Crippen LogP contribution >= 0.6 is 11.8 Å². The first kappa shape index (κ1) is 21.9. The second kappa shape index (κ2) is 10.3. The molecule has 1 heterocycles. The molecule has 1 aliphatic carbocycles. The van der Waals surface area contributed by atoms with Gasteiger partial charge in [0.25, 0.3) is 5.88 Å². The van der Waals surface area contributed by atoms with E-state index >= 15 is 0 Å². The Labute approximate surface area is 180 Å². The topological polar surface area (TPSA) is 106 Å². The van der Waals surface area contributed by atoms with Crippen LogP contribution in [0.25, 0.3) is 0 Å². The summed E-state index contributed by atoms with van der Waals surface area (Å²) in [4.78, 5) is 21.5. The van der Waals surface area contributed by atoms with Crippen molar-refractivity contribution in [3.63, 3.8) is 0 Å². The lowest BCUT2D eigenvalue weighted by atomic mass is 9.93. The van der Waals surface area contributed by atoms with Crippen LogP contribution in [0.1, 0.15) is 25.7 Å². The van der Waals surface area contributed by atoms with Gasteiger partial charge in [-0.15, -0.1) is 0 Å². The van der Waals surface area contributed by atoms with Gasteiger partial charge >= 0.3 is 0 Å². The minimum Gasteiger partial charge on any atom is -0.479 e. The third-order valence-electron chi connectivity index (χ3n) is 4.73. The van der Waals surface area contributed by atoms with E-state index in [2.05, 4.69) is 27.2 Å². The van der Waals surface area contributed by atoms with E-state index in [0.29, 0.717) is 28.3 Å². The number of anilines is 2. The molecule has 0 atom stereocenters. The van der Waals surface area contributed by atoms with Crippen LogP contribution in [0.3, 0.4) is 0 Å². The lowest BCUT2D eigenvalue weighted by Crippen LogP contribution is -2.28. The molecular formula is C21H26N4O4S. The Morgan fingerprint density at radius 2 is 1.93 bits per heavy atom. The summed E-state index contributed by atoms with van der Waals surface area (Å²) in [6.45, 7) is 3.46. The smallest absolute Gasteiger partial charge is 0.258 e. The summed E-state index contributed by atoms with van der Waals surface area (Å²) in [6.07, 6.45) is 4.23. The van der Waals surface area contributed by atoms with E-state index in [1.54, 1.807) is 20.3 Å². The fourth-order valence-corrected chi connectivity index (χ4v) is 4.08. The van der Waals surface area contributed by atoms with Crippen LogP contribution in [0.15, 0.2) is 46.8 Å². The van der Waals surface area contributed by atoms with Crippen LogP contribution in [-0.2, 0) is 4.79 Å². The molecule has 0 aliphatic heterocycles. The summed E-state index contributed by atoms with van der Waals surface area (Å²) >= 11 is 1.36. The van der Waals surface area contributed by atoms with Crippen LogP contribution < -0.4 is 20.1 Å². The summed E-state index contributed by atoms with van der Waals surface area (Å²) in [6, 6.07) is 7.57. The number of carbonyl (C=O) groups excluding carboxylic acids is 1. The highest BCUT2D eigenvalue weighted by atomic mass is 32.2. The van der Waals surface area contributed by atoms with Gasteiger partial charge in [0, 0.05) is 16.6 Å². The molecule has 3 N–H and O–H groups in total. The van der Waals surface area contributed by atoms with Gasteiger partial charge < -0.3 is 25.2 Å². The third-order valence-corrected chi connectivity index (χ3v) is 5.68. The Kier molecular flexibility index (Phi) is 7.53. The highest BCUT2D eigenvalue weighted by Gasteiger charge is 2.23. The van der Waals surface area contributed by atoms with Gasteiger partial charge in [-0.2, -0.15) is 9.97 Å². The van der Waals surface area contributed by atoms with E-state index in [9.17, 15) is 9.90 Å². The first-order valence-electron chi connectivity index (χ1n) is 9.68. The van der Waals surface area contributed by atoms with E-state index in [-0.39, 0.29) is 18.1 Å². The molecule has 1 amide bonds. The summed E-state index contributed by atoms with van der Waals surface area (Å²) in [5.41, 5.74) is 0.654. The average Bonchev–Trinajstić information content (AvgIpc) is 2.76. The van der Waals surface area contributed by atoms with Gasteiger partial charge in [0.2, 0.25) is 11.8 Å². The van der Waals surface area contributed by atoms with Gasteiger partial charge in [0.1, 0.15) is 0 Å². The maximum atomic E-state index is 11.5. The number of nitrogens with one attached hydrogen (secondary N) is 2. The van der Waals surface area contributed by atoms with Crippen molar-refractivity contribution in [3.05, 3.63) is 36.9 Å². The van der Waals surface area contributed by atoms with Gasteiger partial charge in [-0.1, -0.05) is 24.4 Å². The number of ether oxygens (including phenoxy) is 2. The van der Waals surface area contributed by atoms with Crippen molar-refractivity contribution < 1.29 is 19.4 Å². The molecule has 1 saturated carbocycles. The van der Waals surface area contributed by atoms with Gasteiger partial charge in [0.15, 0.2) is 10.8 Å². The summed E-state index contributed by atoms with van der Waals surface area (Å²) in [5.74, 6) is 0.995. The SMILES string of the molecule is C=CC(=O)Nc1cccc(Sc2nc(OC)c(NC3CCC(O)CC3)nc2OC)c1. The number of amides is 1. The average molecular weight is 431 g/mol. The highest BCUT2D eigenvalue weighted by molar-refractivity contribution is 7.99. The number of aromatic nitrogens is 2. The number of nitrogens with zero attached hydrogens (tertiary/aromatic N) is 2. The lowest BCUT2D eigenvalue weighted by Gasteiger charge is -2.27. The van der Waals surface area contributed by atoms with E-state index in [0.717, 1.165) is 30.6 Å². The van der Waals surface area contributed by atoms with E-state index in [1.807, 2.05) is 18.2 Å². The van der Waals surface area contributed by atoms with Crippen molar-refractivity contribution in [2.45, 2.75) is 47.8 Å². The monoisotopic (exact) mass is 430 g/mol. The number of hydrogen-bond donors (Lipinski definition) is 3. The zero-order valence-corrected chi connectivity index (χ0v) is 17.9. The molecule has 1 aliphatic rings. The van der Waals surface area contributed by atoms with Crippen LogP contribution in [-0.4, -0.2) is 47.3 Å². The summed E-state index contributed by atoms with van der Waals surface area (Å²) in [7, 11) is 3.09. The maximum absolute atomic E-state index is 11.5. The highest BCUT2D eigenvalue weighted by Crippen LogP contribution is 2.37. The molecule has 0 spiro atoms. The molecule has 0 radical (unpaired) electrons. The Balaban J connectivity index is 1.80. The minimum atomic E-state index is -0.276. The molecule has 2 aromatic rings. The van der Waals surface area contributed by atoms with Crippen LogP contribution in [0, 0.1) is 0 Å². The predicted octanol–water partition coefficient (Wildman–Crippen LogP) is 3.48. The largest absolute Gasteiger partial charge is 0.479 e. The maximum Gasteiger partial charge on any atom is 0.258 e.